The zero-order valence-electron chi connectivity index (χ0n) is 7.18. The van der Waals surface area contributed by atoms with E-state index in [0.717, 1.165) is 12.0 Å². The second-order valence-electron chi connectivity index (χ2n) is 3.07. The molecule has 1 amide bonds. The molecule has 0 saturated heterocycles. The quantitative estimate of drug-likeness (QED) is 0.644. The summed E-state index contributed by atoms with van der Waals surface area (Å²) in [6.07, 6.45) is 1.30. The molecule has 1 aliphatic rings. The molecule has 66 valence electrons. The lowest BCUT2D eigenvalue weighted by Crippen LogP contribution is -2.05. The molecule has 3 nitrogen and oxygen atoms in total. The lowest BCUT2D eigenvalue weighted by atomic mass is 10.0. The maximum atomic E-state index is 10.8. The zero-order valence-corrected chi connectivity index (χ0v) is 7.18. The largest absolute Gasteiger partial charge is 0.271 e. The van der Waals surface area contributed by atoms with Crippen molar-refractivity contribution in [1.82, 2.24) is 0 Å². The van der Waals surface area contributed by atoms with E-state index in [1.165, 1.54) is 0 Å². The van der Waals surface area contributed by atoms with Crippen LogP contribution in [0, 0.1) is 0 Å². The number of carbonyl (C=O) groups is 1. The Bertz CT molecular complexity index is 332. The third-order valence-corrected chi connectivity index (χ3v) is 2.12. The molecule has 1 atom stereocenters. The van der Waals surface area contributed by atoms with E-state index in [1.807, 2.05) is 30.3 Å². The summed E-state index contributed by atoms with van der Waals surface area (Å²) in [5.41, 5.74) is 1.14. The van der Waals surface area contributed by atoms with Crippen LogP contribution in [0.1, 0.15) is 24.4 Å². The van der Waals surface area contributed by atoms with Crippen LogP contribution in [0.3, 0.4) is 0 Å². The highest BCUT2D eigenvalue weighted by atomic mass is 16.1. The summed E-state index contributed by atoms with van der Waals surface area (Å²) in [5, 5.41) is 7.53. The molecule has 0 N–H and O–H groups in total. The molecular formula is C10H10N2O. The average molecular weight is 174 g/mol. The molecule has 1 heterocycles. The van der Waals surface area contributed by atoms with Crippen molar-refractivity contribution in [3.8, 4) is 0 Å². The Kier molecular flexibility index (Phi) is 2.17. The van der Waals surface area contributed by atoms with Crippen LogP contribution in [-0.4, -0.2) is 5.91 Å². The summed E-state index contributed by atoms with van der Waals surface area (Å²) in [7, 11) is 0. The number of benzene rings is 1. The first kappa shape index (κ1) is 8.10. The first-order valence-electron chi connectivity index (χ1n) is 4.35. The molecule has 0 aromatic heterocycles. The van der Waals surface area contributed by atoms with E-state index in [9.17, 15) is 4.79 Å². The van der Waals surface area contributed by atoms with Gasteiger partial charge in [-0.3, -0.25) is 4.79 Å². The second kappa shape index (κ2) is 3.47. The minimum Gasteiger partial charge on any atom is -0.271 e. The average Bonchev–Trinajstić information content (AvgIpc) is 2.20. The number of azo groups is 1. The molecule has 1 unspecified atom stereocenters. The molecule has 0 radical (unpaired) electrons. The van der Waals surface area contributed by atoms with Gasteiger partial charge in [0.1, 0.15) is 0 Å². The smallest absolute Gasteiger partial charge is 0.264 e. The molecule has 13 heavy (non-hydrogen) atoms. The molecule has 3 heteroatoms. The summed E-state index contributed by atoms with van der Waals surface area (Å²) >= 11 is 0. The number of amides is 1. The number of nitrogens with zero attached hydrogens (tertiary/aromatic N) is 2. The van der Waals surface area contributed by atoms with Crippen molar-refractivity contribution in [2.75, 3.05) is 0 Å². The van der Waals surface area contributed by atoms with Gasteiger partial charge in [0.15, 0.2) is 0 Å². The Hall–Kier alpha value is -1.51. The molecule has 0 aliphatic carbocycles. The molecule has 2 rings (SSSR count). The maximum Gasteiger partial charge on any atom is 0.264 e. The highest BCUT2D eigenvalue weighted by Crippen LogP contribution is 2.26. The van der Waals surface area contributed by atoms with Gasteiger partial charge in [-0.15, -0.1) is 5.11 Å². The van der Waals surface area contributed by atoms with Crippen LogP contribution < -0.4 is 0 Å². The number of hydrogen-bond donors (Lipinski definition) is 0. The zero-order chi connectivity index (χ0) is 9.10. The van der Waals surface area contributed by atoms with E-state index >= 15 is 0 Å². The fraction of sp³-hybridized carbons (Fsp3) is 0.300. The van der Waals surface area contributed by atoms with Gasteiger partial charge in [0.2, 0.25) is 0 Å². The van der Waals surface area contributed by atoms with Gasteiger partial charge in [-0.25, -0.2) is 0 Å². The van der Waals surface area contributed by atoms with Crippen LogP contribution in [-0.2, 0) is 4.79 Å². The minimum atomic E-state index is -0.104. The van der Waals surface area contributed by atoms with Crippen molar-refractivity contribution in [3.63, 3.8) is 0 Å². The van der Waals surface area contributed by atoms with Crippen LogP contribution in [0.2, 0.25) is 0 Å². The maximum absolute atomic E-state index is 10.8. The number of carbonyl (C=O) groups excluding carboxylic acids is 1. The van der Waals surface area contributed by atoms with Crippen molar-refractivity contribution in [3.05, 3.63) is 35.9 Å². The minimum absolute atomic E-state index is 0.0823. The van der Waals surface area contributed by atoms with Crippen LogP contribution in [0.5, 0.6) is 0 Å². The Balaban J connectivity index is 2.20. The van der Waals surface area contributed by atoms with Crippen molar-refractivity contribution in [2.24, 2.45) is 10.2 Å². The topological polar surface area (TPSA) is 41.8 Å². The Morgan fingerprint density at radius 1 is 1.23 bits per heavy atom. The van der Waals surface area contributed by atoms with Gasteiger partial charge in [-0.1, -0.05) is 30.3 Å². The standard InChI is InChI=1S/C10H10N2O/c13-10-7-6-9(11-12-10)8-4-2-1-3-5-8/h1-5,9H,6-7H2. The number of rotatable bonds is 1. The summed E-state index contributed by atoms with van der Waals surface area (Å²) in [6, 6.07) is 10.0. The summed E-state index contributed by atoms with van der Waals surface area (Å²) in [6.45, 7) is 0. The predicted molar refractivity (Wildman–Crippen MR) is 48.3 cm³/mol. The Labute approximate surface area is 76.5 Å². The fourth-order valence-electron chi connectivity index (χ4n) is 1.41. The van der Waals surface area contributed by atoms with Gasteiger partial charge in [0.05, 0.1) is 6.04 Å². The Morgan fingerprint density at radius 2 is 2.00 bits per heavy atom. The highest BCUT2D eigenvalue weighted by Gasteiger charge is 2.16. The van der Waals surface area contributed by atoms with Gasteiger partial charge in [-0.05, 0) is 12.0 Å². The highest BCUT2D eigenvalue weighted by molar-refractivity contribution is 5.76. The molecule has 1 aromatic rings. The van der Waals surface area contributed by atoms with Crippen molar-refractivity contribution < 1.29 is 4.79 Å². The summed E-state index contributed by atoms with van der Waals surface area (Å²) in [5.74, 6) is -0.104. The molecule has 0 bridgehead atoms. The predicted octanol–water partition coefficient (Wildman–Crippen LogP) is 2.50. The second-order valence-corrected chi connectivity index (χ2v) is 3.07. The van der Waals surface area contributed by atoms with Crippen LogP contribution in [0.25, 0.3) is 0 Å². The van der Waals surface area contributed by atoms with Gasteiger partial charge in [0, 0.05) is 6.42 Å². The van der Waals surface area contributed by atoms with E-state index in [1.54, 1.807) is 0 Å². The normalized spacial score (nSPS) is 21.8. The SMILES string of the molecule is O=C1CCC(c2ccccc2)N=N1. The first-order valence-corrected chi connectivity index (χ1v) is 4.35. The van der Waals surface area contributed by atoms with Gasteiger partial charge >= 0.3 is 0 Å². The molecule has 0 saturated carbocycles. The Morgan fingerprint density at radius 3 is 2.62 bits per heavy atom. The molecule has 0 fully saturated rings. The van der Waals surface area contributed by atoms with Crippen LogP contribution >= 0.6 is 0 Å². The van der Waals surface area contributed by atoms with Crippen molar-refractivity contribution in [2.45, 2.75) is 18.9 Å². The van der Waals surface area contributed by atoms with Crippen LogP contribution in [0.4, 0.5) is 0 Å². The third-order valence-electron chi connectivity index (χ3n) is 2.12. The van der Waals surface area contributed by atoms with Gasteiger partial charge < -0.3 is 0 Å². The third kappa shape index (κ3) is 1.80. The van der Waals surface area contributed by atoms with E-state index in [4.69, 9.17) is 0 Å². The fourth-order valence-corrected chi connectivity index (χ4v) is 1.41. The molecule has 0 spiro atoms. The molecule has 1 aromatic carbocycles. The lowest BCUT2D eigenvalue weighted by molar-refractivity contribution is -0.119. The van der Waals surface area contributed by atoms with Crippen molar-refractivity contribution >= 4 is 5.91 Å². The monoisotopic (exact) mass is 174 g/mol. The van der Waals surface area contributed by atoms with Gasteiger partial charge in [0.25, 0.3) is 5.91 Å². The summed E-state index contributed by atoms with van der Waals surface area (Å²) in [4.78, 5) is 10.8. The molecular weight excluding hydrogens is 164 g/mol. The number of hydrogen-bond acceptors (Lipinski definition) is 2. The lowest BCUT2D eigenvalue weighted by Gasteiger charge is -2.13. The van der Waals surface area contributed by atoms with Crippen LogP contribution in [0.15, 0.2) is 40.6 Å². The summed E-state index contributed by atoms with van der Waals surface area (Å²) < 4.78 is 0. The van der Waals surface area contributed by atoms with E-state index in [2.05, 4.69) is 10.2 Å². The van der Waals surface area contributed by atoms with E-state index in [-0.39, 0.29) is 11.9 Å². The van der Waals surface area contributed by atoms with E-state index < -0.39 is 0 Å². The van der Waals surface area contributed by atoms with Crippen molar-refractivity contribution in [1.29, 1.82) is 0 Å². The first-order chi connectivity index (χ1) is 6.36. The molecule has 1 aliphatic heterocycles. The van der Waals surface area contributed by atoms with E-state index in [0.29, 0.717) is 6.42 Å². The van der Waals surface area contributed by atoms with Gasteiger partial charge in [-0.2, -0.15) is 5.11 Å².